The van der Waals surface area contributed by atoms with Crippen molar-refractivity contribution in [3.63, 3.8) is 0 Å². The van der Waals surface area contributed by atoms with Gasteiger partial charge in [0.15, 0.2) is 0 Å². The van der Waals surface area contributed by atoms with E-state index in [4.69, 9.17) is 0 Å². The molecule has 1 rings (SSSR count). The molecule has 48 valence electrons. The number of hydrogen-bond donors (Lipinski definition) is 1. The highest BCUT2D eigenvalue weighted by molar-refractivity contribution is 4.97. The Kier molecular flexibility index (Phi) is 1.68. The van der Waals surface area contributed by atoms with Gasteiger partial charge in [0.05, 0.1) is 6.20 Å². The smallest absolute Gasteiger partial charge is 0.247 e. The molecule has 0 bridgehead atoms. The summed E-state index contributed by atoms with van der Waals surface area (Å²) in [6.45, 7) is 5.76. The molecule has 0 spiro atoms. The van der Waals surface area contributed by atoms with E-state index in [9.17, 15) is 0 Å². The van der Waals surface area contributed by atoms with Crippen molar-refractivity contribution in [2.45, 2.75) is 13.3 Å². The van der Waals surface area contributed by atoms with Gasteiger partial charge in [-0.25, -0.2) is 9.55 Å². The Bertz CT molecular complexity index is 200. The van der Waals surface area contributed by atoms with Crippen LogP contribution in [0, 0.1) is 0 Å². The normalized spacial score (nSPS) is 9.44. The standard InChI is InChI=1S/C7H10N2/c1-3-7-8-5-6-9(7)4-2/h4-6H,2-3H2,1H3/p+1. The molecule has 0 atom stereocenters. The molecular formula is C7H11N2+. The molecule has 0 unspecified atom stereocenters. The van der Waals surface area contributed by atoms with E-state index in [1.165, 1.54) is 5.82 Å². The predicted molar refractivity (Wildman–Crippen MR) is 36.8 cm³/mol. The van der Waals surface area contributed by atoms with Crippen LogP contribution in [0.1, 0.15) is 12.7 Å². The number of rotatable bonds is 2. The Morgan fingerprint density at radius 1 is 1.89 bits per heavy atom. The summed E-state index contributed by atoms with van der Waals surface area (Å²) in [7, 11) is 0. The summed E-state index contributed by atoms with van der Waals surface area (Å²) < 4.78 is 1.97. The van der Waals surface area contributed by atoms with Gasteiger partial charge < -0.3 is 0 Å². The van der Waals surface area contributed by atoms with Gasteiger partial charge in [-0.3, -0.25) is 0 Å². The molecule has 1 aromatic heterocycles. The van der Waals surface area contributed by atoms with Crippen molar-refractivity contribution in [1.82, 2.24) is 4.98 Å². The van der Waals surface area contributed by atoms with Gasteiger partial charge >= 0.3 is 0 Å². The Labute approximate surface area is 54.8 Å². The Morgan fingerprint density at radius 2 is 2.67 bits per heavy atom. The fraction of sp³-hybridized carbons (Fsp3) is 0.286. The van der Waals surface area contributed by atoms with E-state index < -0.39 is 0 Å². The second-order valence-corrected chi connectivity index (χ2v) is 1.85. The summed E-state index contributed by atoms with van der Waals surface area (Å²) in [6, 6.07) is 0. The summed E-state index contributed by atoms with van der Waals surface area (Å²) in [4.78, 5) is 3.10. The first-order valence-corrected chi connectivity index (χ1v) is 3.08. The van der Waals surface area contributed by atoms with Crippen molar-refractivity contribution in [3.8, 4) is 0 Å². The van der Waals surface area contributed by atoms with Crippen molar-refractivity contribution < 1.29 is 4.57 Å². The molecule has 0 saturated carbocycles. The second kappa shape index (κ2) is 2.49. The zero-order valence-electron chi connectivity index (χ0n) is 5.59. The fourth-order valence-electron chi connectivity index (χ4n) is 0.834. The predicted octanol–water partition coefficient (Wildman–Crippen LogP) is 0.965. The van der Waals surface area contributed by atoms with Crippen LogP contribution in [0.5, 0.6) is 0 Å². The minimum Gasteiger partial charge on any atom is -0.247 e. The van der Waals surface area contributed by atoms with E-state index in [0.717, 1.165) is 6.42 Å². The van der Waals surface area contributed by atoms with Gasteiger partial charge in [-0.1, -0.05) is 13.5 Å². The van der Waals surface area contributed by atoms with E-state index in [1.54, 1.807) is 6.20 Å². The Hall–Kier alpha value is -1.05. The monoisotopic (exact) mass is 123 g/mol. The molecule has 9 heavy (non-hydrogen) atoms. The van der Waals surface area contributed by atoms with Crippen LogP contribution in [-0.4, -0.2) is 4.98 Å². The summed E-state index contributed by atoms with van der Waals surface area (Å²) in [5, 5.41) is 0. The highest BCUT2D eigenvalue weighted by Crippen LogP contribution is 1.85. The molecule has 0 radical (unpaired) electrons. The molecule has 0 saturated heterocycles. The molecule has 1 N–H and O–H groups in total. The van der Waals surface area contributed by atoms with Crippen molar-refractivity contribution in [3.05, 3.63) is 24.8 Å². The lowest BCUT2D eigenvalue weighted by molar-refractivity contribution is -0.575. The third kappa shape index (κ3) is 1.02. The van der Waals surface area contributed by atoms with Crippen LogP contribution in [0.15, 0.2) is 19.0 Å². The number of hydrogen-bond acceptors (Lipinski definition) is 0. The minimum atomic E-state index is 1.01. The van der Waals surface area contributed by atoms with Crippen LogP contribution in [0.4, 0.5) is 0 Å². The van der Waals surface area contributed by atoms with Crippen LogP contribution < -0.4 is 4.57 Å². The van der Waals surface area contributed by atoms with E-state index in [1.807, 2.05) is 17.0 Å². The Balaban J connectivity index is 2.98. The molecule has 1 heterocycles. The number of aryl methyl sites for hydroxylation is 1. The first-order valence-electron chi connectivity index (χ1n) is 3.08. The van der Waals surface area contributed by atoms with Gasteiger partial charge in [-0.05, 0) is 0 Å². The third-order valence-electron chi connectivity index (χ3n) is 1.33. The molecule has 2 heteroatoms. The average Bonchev–Trinajstić information content (AvgIpc) is 2.33. The maximum Gasteiger partial charge on any atom is 0.258 e. The summed E-state index contributed by atoms with van der Waals surface area (Å²) in [5.41, 5.74) is 0. The minimum absolute atomic E-state index is 1.01. The first kappa shape index (κ1) is 6.08. The van der Waals surface area contributed by atoms with Crippen molar-refractivity contribution >= 4 is 6.20 Å². The van der Waals surface area contributed by atoms with Crippen molar-refractivity contribution in [1.29, 1.82) is 0 Å². The number of aromatic nitrogens is 2. The van der Waals surface area contributed by atoms with Gasteiger partial charge in [0.25, 0.3) is 5.82 Å². The van der Waals surface area contributed by atoms with Crippen molar-refractivity contribution in [2.24, 2.45) is 0 Å². The van der Waals surface area contributed by atoms with Gasteiger partial charge in [-0.2, -0.15) is 0 Å². The Morgan fingerprint density at radius 3 is 3.11 bits per heavy atom. The van der Waals surface area contributed by atoms with Crippen LogP contribution in [0.25, 0.3) is 6.20 Å². The molecular weight excluding hydrogens is 112 g/mol. The van der Waals surface area contributed by atoms with Gasteiger partial charge in [0.2, 0.25) is 0 Å². The molecule has 0 aliphatic heterocycles. The van der Waals surface area contributed by atoms with Crippen molar-refractivity contribution in [2.75, 3.05) is 0 Å². The number of nitrogens with one attached hydrogen (secondary N) is 1. The quantitative estimate of drug-likeness (QED) is 0.565. The van der Waals surface area contributed by atoms with E-state index >= 15 is 0 Å². The van der Waals surface area contributed by atoms with Gasteiger partial charge in [-0.15, -0.1) is 0 Å². The molecule has 0 aliphatic carbocycles. The van der Waals surface area contributed by atoms with Crippen LogP contribution in [0.3, 0.4) is 0 Å². The third-order valence-corrected chi connectivity index (χ3v) is 1.33. The topological polar surface area (TPSA) is 19.7 Å². The van der Waals surface area contributed by atoms with E-state index in [-0.39, 0.29) is 0 Å². The van der Waals surface area contributed by atoms with Gasteiger partial charge in [0.1, 0.15) is 12.4 Å². The summed E-state index contributed by atoms with van der Waals surface area (Å²) in [6.07, 6.45) is 6.65. The maximum absolute atomic E-state index is 3.65. The lowest BCUT2D eigenvalue weighted by Crippen LogP contribution is -2.27. The fourth-order valence-corrected chi connectivity index (χ4v) is 0.834. The van der Waals surface area contributed by atoms with E-state index in [0.29, 0.717) is 0 Å². The molecule has 0 amide bonds. The molecule has 0 aliphatic rings. The maximum atomic E-state index is 3.65. The SMILES string of the molecule is C=C[n+]1cc[nH]c1CC. The lowest BCUT2D eigenvalue weighted by atomic mass is 10.5. The van der Waals surface area contributed by atoms with Crippen LogP contribution >= 0.6 is 0 Å². The summed E-state index contributed by atoms with van der Waals surface area (Å²) in [5.74, 6) is 1.19. The second-order valence-electron chi connectivity index (χ2n) is 1.85. The molecule has 1 aromatic rings. The molecule has 2 nitrogen and oxygen atoms in total. The first-order chi connectivity index (χ1) is 4.38. The van der Waals surface area contributed by atoms with E-state index in [2.05, 4.69) is 18.5 Å². The van der Waals surface area contributed by atoms with Crippen LogP contribution in [0.2, 0.25) is 0 Å². The largest absolute Gasteiger partial charge is 0.258 e. The molecule has 0 fully saturated rings. The number of imidazole rings is 1. The number of nitrogens with zero attached hydrogens (tertiary/aromatic N) is 1. The number of aromatic amines is 1. The zero-order chi connectivity index (χ0) is 6.69. The zero-order valence-corrected chi connectivity index (χ0v) is 5.59. The highest BCUT2D eigenvalue weighted by Gasteiger charge is 2.01. The van der Waals surface area contributed by atoms with Crippen LogP contribution in [-0.2, 0) is 6.42 Å². The van der Waals surface area contributed by atoms with Gasteiger partial charge in [0, 0.05) is 6.42 Å². The number of H-pyrrole nitrogens is 1. The lowest BCUT2D eigenvalue weighted by Gasteiger charge is -1.85. The average molecular weight is 123 g/mol. The molecule has 0 aromatic carbocycles. The summed E-state index contributed by atoms with van der Waals surface area (Å²) >= 11 is 0. The highest BCUT2D eigenvalue weighted by atomic mass is 15.0.